The van der Waals surface area contributed by atoms with Gasteiger partial charge in [0.2, 0.25) is 0 Å². The zero-order chi connectivity index (χ0) is 19.0. The summed E-state index contributed by atoms with van der Waals surface area (Å²) in [6.07, 6.45) is 0. The number of hydrogen-bond acceptors (Lipinski definition) is 2. The standard InChI is InChI=1S/C21H26F2O2Si/c1-20(2,3)26(16-10-6-4-7-11-16,17-12-8-5-9-13-17)25-15-19-18(14-24)21(19,22)23/h4-13,18-19,24H,14-15H2,1-3H3/t18-,19-/m0/s1. The van der Waals surface area contributed by atoms with E-state index in [4.69, 9.17) is 4.43 Å². The largest absolute Gasteiger partial charge is 0.407 e. The van der Waals surface area contributed by atoms with Gasteiger partial charge in [-0.3, -0.25) is 0 Å². The fraction of sp³-hybridized carbons (Fsp3) is 0.429. The Bertz CT molecular complexity index is 689. The third-order valence-electron chi connectivity index (χ3n) is 5.46. The third kappa shape index (κ3) is 3.13. The normalized spacial score (nSPS) is 22.2. The van der Waals surface area contributed by atoms with Crippen molar-refractivity contribution >= 4 is 18.7 Å². The fourth-order valence-corrected chi connectivity index (χ4v) is 8.50. The summed E-state index contributed by atoms with van der Waals surface area (Å²) in [7, 11) is -2.79. The van der Waals surface area contributed by atoms with Crippen LogP contribution in [-0.4, -0.2) is 32.6 Å². The first-order valence-corrected chi connectivity index (χ1v) is 10.9. The Morgan fingerprint density at radius 2 is 1.38 bits per heavy atom. The van der Waals surface area contributed by atoms with Gasteiger partial charge < -0.3 is 9.53 Å². The van der Waals surface area contributed by atoms with Gasteiger partial charge in [-0.1, -0.05) is 81.4 Å². The highest BCUT2D eigenvalue weighted by Crippen LogP contribution is 2.55. The second-order valence-corrected chi connectivity index (χ2v) is 12.4. The van der Waals surface area contributed by atoms with Crippen LogP contribution in [0.3, 0.4) is 0 Å². The average molecular weight is 377 g/mol. The van der Waals surface area contributed by atoms with Crippen LogP contribution in [0.15, 0.2) is 60.7 Å². The monoisotopic (exact) mass is 376 g/mol. The summed E-state index contributed by atoms with van der Waals surface area (Å²) in [4.78, 5) is 0. The van der Waals surface area contributed by atoms with E-state index in [1.165, 1.54) is 0 Å². The van der Waals surface area contributed by atoms with Crippen LogP contribution >= 0.6 is 0 Å². The molecule has 26 heavy (non-hydrogen) atoms. The molecule has 140 valence electrons. The van der Waals surface area contributed by atoms with E-state index in [-0.39, 0.29) is 11.6 Å². The van der Waals surface area contributed by atoms with E-state index in [9.17, 15) is 13.9 Å². The van der Waals surface area contributed by atoms with Crippen LogP contribution in [-0.2, 0) is 4.43 Å². The molecule has 0 heterocycles. The van der Waals surface area contributed by atoms with Crippen molar-refractivity contribution in [1.29, 1.82) is 0 Å². The van der Waals surface area contributed by atoms with Crippen LogP contribution in [0.2, 0.25) is 5.04 Å². The van der Waals surface area contributed by atoms with Crippen LogP contribution in [0.1, 0.15) is 20.8 Å². The van der Waals surface area contributed by atoms with E-state index in [0.29, 0.717) is 0 Å². The molecule has 1 aliphatic carbocycles. The molecular weight excluding hydrogens is 350 g/mol. The van der Waals surface area contributed by atoms with Crippen molar-refractivity contribution in [2.24, 2.45) is 11.8 Å². The summed E-state index contributed by atoms with van der Waals surface area (Å²) in [5, 5.41) is 11.1. The lowest BCUT2D eigenvalue weighted by atomic mass is 10.2. The maximum Gasteiger partial charge on any atom is 0.261 e. The first-order chi connectivity index (χ1) is 12.2. The molecule has 0 aliphatic heterocycles. The van der Waals surface area contributed by atoms with Crippen molar-refractivity contribution in [3.05, 3.63) is 60.7 Å². The Labute approximate surface area is 155 Å². The van der Waals surface area contributed by atoms with Crippen LogP contribution < -0.4 is 10.4 Å². The van der Waals surface area contributed by atoms with Gasteiger partial charge >= 0.3 is 0 Å². The summed E-state index contributed by atoms with van der Waals surface area (Å²) in [6.45, 7) is 5.82. The molecule has 0 bridgehead atoms. The minimum atomic E-state index is -2.83. The number of aliphatic hydroxyl groups is 1. The molecule has 3 rings (SSSR count). The first kappa shape index (κ1) is 19.2. The van der Waals surface area contributed by atoms with Gasteiger partial charge in [0.05, 0.1) is 18.4 Å². The summed E-state index contributed by atoms with van der Waals surface area (Å²) in [6, 6.07) is 19.9. The van der Waals surface area contributed by atoms with Crippen molar-refractivity contribution < 1.29 is 18.3 Å². The average Bonchev–Trinajstić information content (AvgIpc) is 3.15. The van der Waals surface area contributed by atoms with Crippen molar-refractivity contribution in [1.82, 2.24) is 0 Å². The number of halogens is 2. The van der Waals surface area contributed by atoms with E-state index in [2.05, 4.69) is 20.8 Å². The van der Waals surface area contributed by atoms with E-state index in [0.717, 1.165) is 10.4 Å². The Morgan fingerprint density at radius 3 is 1.73 bits per heavy atom. The highest BCUT2D eigenvalue weighted by Gasteiger charge is 2.68. The maximum absolute atomic E-state index is 13.9. The number of alkyl halides is 2. The highest BCUT2D eigenvalue weighted by molar-refractivity contribution is 6.99. The first-order valence-electron chi connectivity index (χ1n) is 8.99. The molecule has 1 N–H and O–H groups in total. The van der Waals surface area contributed by atoms with Crippen LogP contribution in [0.4, 0.5) is 8.78 Å². The second-order valence-electron chi connectivity index (χ2n) is 8.04. The molecule has 2 nitrogen and oxygen atoms in total. The van der Waals surface area contributed by atoms with Crippen molar-refractivity contribution in [2.75, 3.05) is 13.2 Å². The van der Waals surface area contributed by atoms with Gasteiger partial charge in [0.15, 0.2) is 0 Å². The van der Waals surface area contributed by atoms with Gasteiger partial charge in [0, 0.05) is 6.61 Å². The molecule has 2 aromatic rings. The minimum absolute atomic E-state index is 0.0362. The van der Waals surface area contributed by atoms with E-state index >= 15 is 0 Å². The van der Waals surface area contributed by atoms with Crippen molar-refractivity contribution in [3.63, 3.8) is 0 Å². The molecule has 1 saturated carbocycles. The molecule has 0 unspecified atom stereocenters. The van der Waals surface area contributed by atoms with Gasteiger partial charge in [0.25, 0.3) is 14.2 Å². The Balaban J connectivity index is 2.04. The predicted octanol–water partition coefficient (Wildman–Crippen LogP) is 3.44. The molecule has 1 fully saturated rings. The molecule has 0 spiro atoms. The number of rotatable bonds is 6. The van der Waals surface area contributed by atoms with Gasteiger partial charge in [-0.05, 0) is 15.4 Å². The van der Waals surface area contributed by atoms with Crippen LogP contribution in [0.25, 0.3) is 0 Å². The van der Waals surface area contributed by atoms with Crippen molar-refractivity contribution in [3.8, 4) is 0 Å². The summed E-state index contributed by atoms with van der Waals surface area (Å²) in [5.74, 6) is -4.73. The second kappa shape index (κ2) is 6.87. The molecule has 0 saturated heterocycles. The van der Waals surface area contributed by atoms with E-state index < -0.39 is 32.7 Å². The van der Waals surface area contributed by atoms with Crippen molar-refractivity contribution in [2.45, 2.75) is 31.7 Å². The lowest BCUT2D eigenvalue weighted by Gasteiger charge is -2.43. The molecule has 1 aliphatic rings. The summed E-state index contributed by atoms with van der Waals surface area (Å²) in [5.41, 5.74) is 0. The van der Waals surface area contributed by atoms with Gasteiger partial charge in [-0.15, -0.1) is 0 Å². The summed E-state index contributed by atoms with van der Waals surface area (Å²) < 4.78 is 34.3. The topological polar surface area (TPSA) is 29.5 Å². The third-order valence-corrected chi connectivity index (χ3v) is 10.5. The lowest BCUT2D eigenvalue weighted by Crippen LogP contribution is -2.66. The maximum atomic E-state index is 13.9. The Hall–Kier alpha value is -1.56. The Morgan fingerprint density at radius 1 is 0.923 bits per heavy atom. The summed E-state index contributed by atoms with van der Waals surface area (Å²) >= 11 is 0. The molecular formula is C21H26F2O2Si. The lowest BCUT2D eigenvalue weighted by molar-refractivity contribution is 0.0650. The quantitative estimate of drug-likeness (QED) is 0.783. The zero-order valence-corrected chi connectivity index (χ0v) is 16.5. The molecule has 5 heteroatoms. The fourth-order valence-electron chi connectivity index (χ4n) is 3.91. The highest BCUT2D eigenvalue weighted by atomic mass is 28.4. The minimum Gasteiger partial charge on any atom is -0.407 e. The number of aliphatic hydroxyl groups excluding tert-OH is 1. The van der Waals surface area contributed by atoms with Gasteiger partial charge in [-0.25, -0.2) is 8.78 Å². The Kier molecular flexibility index (Phi) is 5.08. The smallest absolute Gasteiger partial charge is 0.261 e. The van der Waals surface area contributed by atoms with E-state index in [1.54, 1.807) is 0 Å². The van der Waals surface area contributed by atoms with Gasteiger partial charge in [-0.2, -0.15) is 0 Å². The number of benzene rings is 2. The SMILES string of the molecule is CC(C)(C)[Si](OC[C@H]1[C@H](CO)C1(F)F)(c1ccccc1)c1ccccc1. The molecule has 0 radical (unpaired) electrons. The van der Waals surface area contributed by atoms with Crippen LogP contribution in [0.5, 0.6) is 0 Å². The molecule has 0 amide bonds. The molecule has 2 aromatic carbocycles. The van der Waals surface area contributed by atoms with E-state index in [1.807, 2.05) is 60.7 Å². The van der Waals surface area contributed by atoms with Gasteiger partial charge in [0.1, 0.15) is 0 Å². The zero-order valence-electron chi connectivity index (χ0n) is 15.5. The van der Waals surface area contributed by atoms with Crippen LogP contribution in [0, 0.1) is 11.8 Å². The molecule has 2 atom stereocenters. The number of hydrogen-bond donors (Lipinski definition) is 1. The molecule has 0 aromatic heterocycles. The predicted molar refractivity (Wildman–Crippen MR) is 103 cm³/mol.